The number of anilines is 2. The number of para-hydroxylation sites is 1. The number of thiazole rings is 1. The maximum atomic E-state index is 13.7. The Morgan fingerprint density at radius 3 is 2.53 bits per heavy atom. The summed E-state index contributed by atoms with van der Waals surface area (Å²) in [7, 11) is 0. The fraction of sp³-hybridized carbons (Fsp3) is 0.227. The number of benzene rings is 2. The molecule has 0 aliphatic carbocycles. The Bertz CT molecular complexity index is 1050. The number of aryl methyl sites for hydroxylation is 1. The lowest BCUT2D eigenvalue weighted by Gasteiger charge is -2.17. The molecule has 0 unspecified atom stereocenters. The number of nitrogens with one attached hydrogen (secondary N) is 3. The van der Waals surface area contributed by atoms with Crippen molar-refractivity contribution in [2.45, 2.75) is 26.7 Å². The van der Waals surface area contributed by atoms with Crippen LogP contribution in [-0.4, -0.2) is 22.0 Å². The van der Waals surface area contributed by atoms with Crippen molar-refractivity contribution < 1.29 is 14.3 Å². The van der Waals surface area contributed by atoms with Gasteiger partial charge in [-0.05, 0) is 50.1 Å². The number of guanidine groups is 1. The van der Waals surface area contributed by atoms with Crippen LogP contribution in [0.4, 0.5) is 15.8 Å². The van der Waals surface area contributed by atoms with Gasteiger partial charge in [0.25, 0.3) is 0 Å². The van der Waals surface area contributed by atoms with E-state index in [1.807, 2.05) is 24.3 Å². The number of carboxylic acid groups (broad SMARTS) is 1. The van der Waals surface area contributed by atoms with E-state index >= 15 is 0 Å². The van der Waals surface area contributed by atoms with Gasteiger partial charge in [0.1, 0.15) is 5.82 Å². The predicted octanol–water partition coefficient (Wildman–Crippen LogP) is 5.45. The number of hydrogen-bond donors (Lipinski definition) is 4. The van der Waals surface area contributed by atoms with Gasteiger partial charge in [-0.3, -0.25) is 10.2 Å². The van der Waals surface area contributed by atoms with Crippen LogP contribution in [0.2, 0.25) is 0 Å². The average Bonchev–Trinajstić information content (AvgIpc) is 3.18. The highest BCUT2D eigenvalue weighted by Gasteiger charge is 2.27. The molecule has 156 valence electrons. The number of aromatic nitrogens is 1. The highest BCUT2D eigenvalue weighted by Crippen LogP contribution is 2.30. The number of rotatable bonds is 7. The van der Waals surface area contributed by atoms with Gasteiger partial charge in [0.05, 0.1) is 21.0 Å². The van der Waals surface area contributed by atoms with Gasteiger partial charge >= 0.3 is 5.97 Å². The lowest BCUT2D eigenvalue weighted by Crippen LogP contribution is -2.24. The van der Waals surface area contributed by atoms with E-state index in [1.165, 1.54) is 6.07 Å². The molecule has 0 bridgehead atoms. The number of carboxylic acids is 1. The Morgan fingerprint density at radius 1 is 1.17 bits per heavy atom. The first-order valence-electron chi connectivity index (χ1n) is 9.40. The van der Waals surface area contributed by atoms with E-state index in [4.69, 9.17) is 5.41 Å². The third-order valence-electron chi connectivity index (χ3n) is 4.67. The molecule has 6 nitrogen and oxygen atoms in total. The van der Waals surface area contributed by atoms with Crippen LogP contribution in [0.15, 0.2) is 54.7 Å². The van der Waals surface area contributed by atoms with E-state index in [9.17, 15) is 14.3 Å². The summed E-state index contributed by atoms with van der Waals surface area (Å²) in [5.74, 6) is -1.27. The van der Waals surface area contributed by atoms with Gasteiger partial charge in [0.15, 0.2) is 5.96 Å². The molecule has 0 saturated carbocycles. The molecule has 30 heavy (non-hydrogen) atoms. The molecule has 0 radical (unpaired) electrons. The highest BCUT2D eigenvalue weighted by molar-refractivity contribution is 7.15. The molecule has 0 fully saturated rings. The smallest absolute Gasteiger partial charge is 0.309 e. The molecule has 0 aliphatic heterocycles. The van der Waals surface area contributed by atoms with Crippen molar-refractivity contribution in [1.82, 2.24) is 4.98 Å². The zero-order valence-electron chi connectivity index (χ0n) is 16.7. The zero-order valence-corrected chi connectivity index (χ0v) is 17.5. The summed E-state index contributed by atoms with van der Waals surface area (Å²) in [6.07, 6.45) is 2.93. The summed E-state index contributed by atoms with van der Waals surface area (Å²) in [4.78, 5) is 16.6. The minimum absolute atomic E-state index is 0.0334. The second kappa shape index (κ2) is 9.04. The van der Waals surface area contributed by atoms with Crippen molar-refractivity contribution in [3.63, 3.8) is 0 Å². The second-order valence-corrected chi connectivity index (χ2v) is 8.60. The van der Waals surface area contributed by atoms with Crippen molar-refractivity contribution in [1.29, 1.82) is 5.41 Å². The Balaban J connectivity index is 1.59. The number of hydrogen-bond acceptors (Lipinski definition) is 4. The number of halogens is 1. The first kappa shape index (κ1) is 21.4. The topological polar surface area (TPSA) is 98.1 Å². The van der Waals surface area contributed by atoms with E-state index in [2.05, 4.69) is 15.6 Å². The average molecular weight is 427 g/mol. The number of carbonyl (C=O) groups is 1. The van der Waals surface area contributed by atoms with Gasteiger partial charge < -0.3 is 15.7 Å². The van der Waals surface area contributed by atoms with Gasteiger partial charge in [-0.15, -0.1) is 11.3 Å². The van der Waals surface area contributed by atoms with Gasteiger partial charge in [-0.1, -0.05) is 24.3 Å². The minimum atomic E-state index is -0.808. The summed E-state index contributed by atoms with van der Waals surface area (Å²) in [6, 6.07) is 13.7. The maximum Gasteiger partial charge on any atom is 0.309 e. The van der Waals surface area contributed by atoms with E-state index in [0.29, 0.717) is 18.5 Å². The van der Waals surface area contributed by atoms with Crippen molar-refractivity contribution in [2.75, 3.05) is 10.6 Å². The maximum absolute atomic E-state index is 13.7. The van der Waals surface area contributed by atoms with E-state index in [-0.39, 0.29) is 11.6 Å². The number of nitrogens with zero attached hydrogens (tertiary/aromatic N) is 1. The van der Waals surface area contributed by atoms with Gasteiger partial charge in [-0.25, -0.2) is 9.37 Å². The summed E-state index contributed by atoms with van der Waals surface area (Å²) < 4.78 is 13.7. The Hall–Kier alpha value is -3.26. The molecule has 0 atom stereocenters. The van der Waals surface area contributed by atoms with Crippen LogP contribution in [0.5, 0.6) is 0 Å². The fourth-order valence-corrected chi connectivity index (χ4v) is 3.60. The van der Waals surface area contributed by atoms with Crippen molar-refractivity contribution in [3.8, 4) is 10.4 Å². The molecule has 3 aromatic rings. The molecule has 1 heterocycles. The molecule has 4 N–H and O–H groups in total. The van der Waals surface area contributed by atoms with Crippen LogP contribution in [0, 0.1) is 16.6 Å². The van der Waals surface area contributed by atoms with Crippen LogP contribution < -0.4 is 10.6 Å². The third kappa shape index (κ3) is 5.42. The monoisotopic (exact) mass is 426 g/mol. The largest absolute Gasteiger partial charge is 0.481 e. The summed E-state index contributed by atoms with van der Waals surface area (Å²) in [5.41, 5.74) is 1.13. The molecule has 3 rings (SSSR count). The van der Waals surface area contributed by atoms with Crippen molar-refractivity contribution >= 4 is 34.6 Å². The standard InChI is InChI=1S/C22H23FN4O2S/c1-22(2,20(28)29)12-11-19-25-13-18(30-19)14-7-9-15(10-8-14)26-21(24)27-17-6-4-3-5-16(17)23/h3-10,13H,11-12H2,1-2H3,(H,28,29)(H3,24,26,27). The molecule has 8 heteroatoms. The molecule has 0 saturated heterocycles. The van der Waals surface area contributed by atoms with Crippen LogP contribution in [0.3, 0.4) is 0 Å². The first-order chi connectivity index (χ1) is 14.2. The SMILES string of the molecule is CC(C)(CCc1ncc(-c2ccc(NC(=N)Nc3ccccc3F)cc2)s1)C(=O)O. The first-order valence-corrected chi connectivity index (χ1v) is 10.2. The Labute approximate surface area is 178 Å². The lowest BCUT2D eigenvalue weighted by atomic mass is 9.88. The quantitative estimate of drug-likeness (QED) is 0.297. The summed E-state index contributed by atoms with van der Waals surface area (Å²) in [5, 5.41) is 23.7. The summed E-state index contributed by atoms with van der Waals surface area (Å²) >= 11 is 1.54. The van der Waals surface area contributed by atoms with Crippen LogP contribution in [0.25, 0.3) is 10.4 Å². The Morgan fingerprint density at radius 2 is 1.87 bits per heavy atom. The third-order valence-corrected chi connectivity index (χ3v) is 5.77. The fourth-order valence-electron chi connectivity index (χ4n) is 2.68. The zero-order chi connectivity index (χ0) is 21.7. The molecule has 1 aromatic heterocycles. The number of aliphatic carboxylic acids is 1. The molecule has 0 amide bonds. The van der Waals surface area contributed by atoms with E-state index in [0.717, 1.165) is 15.4 Å². The van der Waals surface area contributed by atoms with E-state index in [1.54, 1.807) is 49.6 Å². The van der Waals surface area contributed by atoms with Crippen molar-refractivity contribution in [2.24, 2.45) is 5.41 Å². The molecule has 2 aromatic carbocycles. The molecular weight excluding hydrogens is 403 g/mol. The molecule has 0 aliphatic rings. The minimum Gasteiger partial charge on any atom is -0.481 e. The lowest BCUT2D eigenvalue weighted by molar-refractivity contribution is -0.147. The van der Waals surface area contributed by atoms with Gasteiger partial charge in [0, 0.05) is 18.3 Å². The van der Waals surface area contributed by atoms with Crippen LogP contribution in [0.1, 0.15) is 25.3 Å². The normalized spacial score (nSPS) is 11.2. The molecule has 0 spiro atoms. The van der Waals surface area contributed by atoms with Gasteiger partial charge in [-0.2, -0.15) is 0 Å². The van der Waals surface area contributed by atoms with Crippen LogP contribution in [-0.2, 0) is 11.2 Å². The Kier molecular flexibility index (Phi) is 6.47. The van der Waals surface area contributed by atoms with Crippen LogP contribution >= 0.6 is 11.3 Å². The second-order valence-electron chi connectivity index (χ2n) is 7.49. The van der Waals surface area contributed by atoms with E-state index < -0.39 is 17.2 Å². The van der Waals surface area contributed by atoms with Crippen molar-refractivity contribution in [3.05, 3.63) is 65.6 Å². The summed E-state index contributed by atoms with van der Waals surface area (Å²) in [6.45, 7) is 3.43. The van der Waals surface area contributed by atoms with Gasteiger partial charge in [0.2, 0.25) is 0 Å². The predicted molar refractivity (Wildman–Crippen MR) is 119 cm³/mol. The molecular formula is C22H23FN4O2S. The highest BCUT2D eigenvalue weighted by atomic mass is 32.1.